The first kappa shape index (κ1) is 27.0. The Hall–Kier alpha value is -4.86. The fourth-order valence-electron chi connectivity index (χ4n) is 5.81. The van der Waals surface area contributed by atoms with Crippen LogP contribution in [0.3, 0.4) is 0 Å². The molecule has 5 aromatic rings. The van der Waals surface area contributed by atoms with Crippen molar-refractivity contribution in [3.05, 3.63) is 76.5 Å². The minimum Gasteiger partial charge on any atom is -0.372 e. The number of amides is 2. The number of H-pyrrole nitrogens is 1. The van der Waals surface area contributed by atoms with E-state index in [0.717, 1.165) is 16.0 Å². The summed E-state index contributed by atoms with van der Waals surface area (Å²) in [6, 6.07) is 12.4. The molecule has 0 aliphatic carbocycles. The van der Waals surface area contributed by atoms with Gasteiger partial charge in [0, 0.05) is 22.9 Å². The number of carbonyl (C=O) groups excluding carboxylic acids is 2. The third-order valence-electron chi connectivity index (χ3n) is 7.93. The summed E-state index contributed by atoms with van der Waals surface area (Å²) in [6.07, 6.45) is -0.202. The van der Waals surface area contributed by atoms with Gasteiger partial charge in [-0.15, -0.1) is 0 Å². The molecule has 2 aromatic heterocycles. The molecule has 2 atom stereocenters. The average Bonchev–Trinajstić information content (AvgIpc) is 3.79. The summed E-state index contributed by atoms with van der Waals surface area (Å²) in [4.78, 5) is 35.1. The van der Waals surface area contributed by atoms with Crippen LogP contribution < -0.4 is 5.32 Å². The lowest BCUT2D eigenvalue weighted by Crippen LogP contribution is -2.44. The van der Waals surface area contributed by atoms with E-state index in [2.05, 4.69) is 20.4 Å². The van der Waals surface area contributed by atoms with Gasteiger partial charge >= 0.3 is 0 Å². The molecular formula is C30H22ClF2N7O3. The molecular weight excluding hydrogens is 580 g/mol. The first-order chi connectivity index (χ1) is 20.8. The van der Waals surface area contributed by atoms with Crippen LogP contribution in [0.2, 0.25) is 5.02 Å². The van der Waals surface area contributed by atoms with Gasteiger partial charge in [0.2, 0.25) is 11.8 Å². The Bertz CT molecular complexity index is 2000. The standard InChI is InChI=1S/C30H22ClF2N7O3/c31-27-18(4-5-22-29(27)36-14-35-22)19-2-1-3-21(28(19)33)37-30(42)25-8-17(32)10-39(25)26(41)11-40-24-7-16-13-43-12-15(16)6-20(24)23(9-34)38-40/h1-7,14,17,25H,8,10-13H2,(H,35,36)(H,37,42)/t17-,25+/m1/s1. The first-order valence-corrected chi connectivity index (χ1v) is 13.8. The Labute approximate surface area is 247 Å². The zero-order valence-electron chi connectivity index (χ0n) is 22.4. The number of nitriles is 1. The number of benzene rings is 3. The summed E-state index contributed by atoms with van der Waals surface area (Å²) >= 11 is 6.51. The van der Waals surface area contributed by atoms with E-state index >= 15 is 4.39 Å². The number of anilines is 1. The Morgan fingerprint density at radius 2 is 2.00 bits per heavy atom. The highest BCUT2D eigenvalue weighted by Crippen LogP contribution is 2.36. The molecule has 3 aromatic carbocycles. The quantitative estimate of drug-likeness (QED) is 0.296. The van der Waals surface area contributed by atoms with E-state index in [4.69, 9.17) is 16.3 Å². The number of halogens is 3. The van der Waals surface area contributed by atoms with Crippen LogP contribution in [0, 0.1) is 17.1 Å². The molecule has 216 valence electrons. The molecule has 0 radical (unpaired) electrons. The molecule has 4 heterocycles. The number of aromatic nitrogens is 4. The number of rotatable bonds is 5. The first-order valence-electron chi connectivity index (χ1n) is 13.5. The molecule has 0 spiro atoms. The molecule has 13 heteroatoms. The lowest BCUT2D eigenvalue weighted by molar-refractivity contribution is -0.137. The number of hydrogen-bond acceptors (Lipinski definition) is 6. The summed E-state index contributed by atoms with van der Waals surface area (Å²) in [5.41, 5.74) is 4.16. The van der Waals surface area contributed by atoms with E-state index < -0.39 is 29.8 Å². The summed E-state index contributed by atoms with van der Waals surface area (Å²) < 4.78 is 37.2. The third kappa shape index (κ3) is 4.57. The van der Waals surface area contributed by atoms with Crippen LogP contribution in [-0.2, 0) is 34.1 Å². The minimum atomic E-state index is -1.44. The predicted octanol–water partition coefficient (Wildman–Crippen LogP) is 4.85. The molecule has 2 aliphatic heterocycles. The van der Waals surface area contributed by atoms with Crippen molar-refractivity contribution in [3.63, 3.8) is 0 Å². The zero-order chi connectivity index (χ0) is 29.8. The number of nitrogens with zero attached hydrogens (tertiary/aromatic N) is 5. The molecule has 0 unspecified atom stereocenters. The number of imidazole rings is 1. The highest BCUT2D eigenvalue weighted by Gasteiger charge is 2.40. The van der Waals surface area contributed by atoms with Gasteiger partial charge in [-0.25, -0.2) is 13.8 Å². The van der Waals surface area contributed by atoms with Gasteiger partial charge in [-0.1, -0.05) is 29.8 Å². The van der Waals surface area contributed by atoms with Gasteiger partial charge < -0.3 is 19.9 Å². The van der Waals surface area contributed by atoms with Crippen molar-refractivity contribution < 1.29 is 23.1 Å². The van der Waals surface area contributed by atoms with Crippen LogP contribution in [0.15, 0.2) is 48.8 Å². The van der Waals surface area contributed by atoms with E-state index in [-0.39, 0.29) is 41.5 Å². The van der Waals surface area contributed by atoms with Gasteiger partial charge in [0.05, 0.1) is 47.8 Å². The number of aromatic amines is 1. The van der Waals surface area contributed by atoms with Crippen LogP contribution in [0.1, 0.15) is 23.2 Å². The van der Waals surface area contributed by atoms with Gasteiger partial charge in [-0.2, -0.15) is 10.4 Å². The molecule has 1 saturated heterocycles. The lowest BCUT2D eigenvalue weighted by atomic mass is 10.0. The molecule has 1 fully saturated rings. The van der Waals surface area contributed by atoms with E-state index in [1.807, 2.05) is 18.2 Å². The van der Waals surface area contributed by atoms with E-state index in [0.29, 0.717) is 40.7 Å². The Balaban J connectivity index is 1.14. The van der Waals surface area contributed by atoms with Crippen LogP contribution in [0.5, 0.6) is 0 Å². The van der Waals surface area contributed by atoms with E-state index in [1.165, 1.54) is 23.1 Å². The van der Waals surface area contributed by atoms with Crippen molar-refractivity contribution in [3.8, 4) is 17.2 Å². The Kier molecular flexibility index (Phi) is 6.56. The van der Waals surface area contributed by atoms with Gasteiger partial charge in [-0.3, -0.25) is 14.3 Å². The Morgan fingerprint density at radius 1 is 1.19 bits per heavy atom. The Morgan fingerprint density at radius 3 is 2.81 bits per heavy atom. The van der Waals surface area contributed by atoms with Crippen molar-refractivity contribution in [2.24, 2.45) is 0 Å². The molecule has 2 N–H and O–H groups in total. The maximum Gasteiger partial charge on any atom is 0.247 e. The number of fused-ring (bicyclic) bond motifs is 3. The fourth-order valence-corrected chi connectivity index (χ4v) is 6.13. The van der Waals surface area contributed by atoms with Crippen LogP contribution in [0.4, 0.5) is 14.5 Å². The smallest absolute Gasteiger partial charge is 0.247 e. The van der Waals surface area contributed by atoms with Gasteiger partial charge in [0.25, 0.3) is 0 Å². The summed E-state index contributed by atoms with van der Waals surface area (Å²) in [5.74, 6) is -2.01. The summed E-state index contributed by atoms with van der Waals surface area (Å²) in [7, 11) is 0. The van der Waals surface area contributed by atoms with Gasteiger partial charge in [0.1, 0.15) is 30.3 Å². The van der Waals surface area contributed by atoms with Crippen LogP contribution >= 0.6 is 11.6 Å². The van der Waals surface area contributed by atoms with Crippen molar-refractivity contribution in [2.75, 3.05) is 11.9 Å². The number of hydrogen-bond donors (Lipinski definition) is 2. The predicted molar refractivity (Wildman–Crippen MR) is 153 cm³/mol. The van der Waals surface area contributed by atoms with Crippen molar-refractivity contribution in [1.82, 2.24) is 24.6 Å². The lowest BCUT2D eigenvalue weighted by Gasteiger charge is -2.24. The molecule has 0 bridgehead atoms. The molecule has 43 heavy (non-hydrogen) atoms. The third-order valence-corrected chi connectivity index (χ3v) is 8.31. The maximum absolute atomic E-state index is 15.7. The number of alkyl halides is 1. The normalized spacial score (nSPS) is 17.9. The van der Waals surface area contributed by atoms with Crippen LogP contribution in [-0.4, -0.2) is 55.2 Å². The van der Waals surface area contributed by atoms with Crippen molar-refractivity contribution in [1.29, 1.82) is 5.26 Å². The molecule has 0 saturated carbocycles. The van der Waals surface area contributed by atoms with Crippen molar-refractivity contribution >= 4 is 51.0 Å². The maximum atomic E-state index is 15.7. The molecule has 2 amide bonds. The average molecular weight is 602 g/mol. The fraction of sp³-hybridized carbons (Fsp3) is 0.233. The summed E-state index contributed by atoms with van der Waals surface area (Å²) in [5, 5.41) is 17.3. The van der Waals surface area contributed by atoms with E-state index in [1.54, 1.807) is 18.2 Å². The number of ether oxygens (including phenoxy) is 1. The van der Waals surface area contributed by atoms with E-state index in [9.17, 15) is 19.2 Å². The highest BCUT2D eigenvalue weighted by atomic mass is 35.5. The minimum absolute atomic E-state index is 0.136. The molecule has 7 rings (SSSR count). The van der Waals surface area contributed by atoms with Gasteiger partial charge in [-0.05, 0) is 35.4 Å². The molecule has 2 aliphatic rings. The highest BCUT2D eigenvalue weighted by molar-refractivity contribution is 6.37. The zero-order valence-corrected chi connectivity index (χ0v) is 23.2. The number of nitrogens with one attached hydrogen (secondary N) is 2. The van der Waals surface area contributed by atoms with Crippen molar-refractivity contribution in [2.45, 2.75) is 38.4 Å². The second kappa shape index (κ2) is 10.4. The second-order valence-electron chi connectivity index (χ2n) is 10.5. The number of carbonyl (C=O) groups is 2. The number of likely N-dealkylation sites (tertiary alicyclic amines) is 1. The van der Waals surface area contributed by atoms with Crippen LogP contribution in [0.25, 0.3) is 33.1 Å². The topological polar surface area (TPSA) is 129 Å². The monoisotopic (exact) mass is 601 g/mol. The molecule has 10 nitrogen and oxygen atoms in total. The SMILES string of the molecule is N#Cc1nn(CC(=O)N2C[C@H](F)C[C@H]2C(=O)Nc2cccc(-c3ccc4[nH]cnc4c3Cl)c2F)c2cc3c(cc12)COC3. The largest absolute Gasteiger partial charge is 0.372 e. The second-order valence-corrected chi connectivity index (χ2v) is 10.9. The van der Waals surface area contributed by atoms with Gasteiger partial charge in [0.15, 0.2) is 11.5 Å². The summed E-state index contributed by atoms with van der Waals surface area (Å²) in [6.45, 7) is 0.225.